The van der Waals surface area contributed by atoms with E-state index in [1.54, 1.807) is 24.5 Å². The number of carboxylic acid groups (broad SMARTS) is 1. The molecule has 0 aliphatic rings. The van der Waals surface area contributed by atoms with Gasteiger partial charge in [0.25, 0.3) is 0 Å². The maximum atomic E-state index is 11.9. The summed E-state index contributed by atoms with van der Waals surface area (Å²) in [7, 11) is 0. The number of amides is 2. The molecule has 0 saturated heterocycles. The highest BCUT2D eigenvalue weighted by atomic mass is 16.4. The van der Waals surface area contributed by atoms with Gasteiger partial charge in [-0.1, -0.05) is 0 Å². The first kappa shape index (κ1) is 14.4. The van der Waals surface area contributed by atoms with Crippen LogP contribution >= 0.6 is 0 Å². The van der Waals surface area contributed by atoms with E-state index >= 15 is 0 Å². The van der Waals surface area contributed by atoms with Crippen molar-refractivity contribution in [1.29, 1.82) is 0 Å². The summed E-state index contributed by atoms with van der Waals surface area (Å²) >= 11 is 0. The van der Waals surface area contributed by atoms with Crippen LogP contribution in [0, 0.1) is 0 Å². The minimum absolute atomic E-state index is 0.00924. The number of rotatable bonds is 4. The van der Waals surface area contributed by atoms with Crippen LogP contribution in [0.4, 0.5) is 10.5 Å². The second kappa shape index (κ2) is 6.47. The Morgan fingerprint density at radius 2 is 1.90 bits per heavy atom. The Morgan fingerprint density at radius 3 is 2.57 bits per heavy atom. The quantitative estimate of drug-likeness (QED) is 0.798. The molecule has 2 aromatic heterocycles. The smallest absolute Gasteiger partial charge is 0.337 e. The van der Waals surface area contributed by atoms with Crippen molar-refractivity contribution in [1.82, 2.24) is 15.3 Å². The van der Waals surface area contributed by atoms with Gasteiger partial charge in [0, 0.05) is 18.6 Å². The summed E-state index contributed by atoms with van der Waals surface area (Å²) in [4.78, 5) is 30.4. The number of nitrogens with one attached hydrogen (secondary N) is 2. The largest absolute Gasteiger partial charge is 0.478 e. The highest BCUT2D eigenvalue weighted by molar-refractivity contribution is 5.92. The van der Waals surface area contributed by atoms with Gasteiger partial charge in [-0.3, -0.25) is 9.97 Å². The predicted molar refractivity (Wildman–Crippen MR) is 76.0 cm³/mol. The minimum atomic E-state index is -1.10. The molecule has 21 heavy (non-hydrogen) atoms. The Morgan fingerprint density at radius 1 is 1.19 bits per heavy atom. The first-order chi connectivity index (χ1) is 10.1. The molecule has 0 aromatic carbocycles. The molecule has 2 rings (SSSR count). The Hall–Kier alpha value is -2.96. The molecule has 2 heterocycles. The summed E-state index contributed by atoms with van der Waals surface area (Å²) in [5.41, 5.74) is 1.24. The van der Waals surface area contributed by atoms with Crippen LogP contribution in [0.15, 0.2) is 43.0 Å². The first-order valence-corrected chi connectivity index (χ1v) is 6.22. The Kier molecular flexibility index (Phi) is 4.45. The van der Waals surface area contributed by atoms with Gasteiger partial charge in [0.2, 0.25) is 0 Å². The lowest BCUT2D eigenvalue weighted by Crippen LogP contribution is -2.31. The van der Waals surface area contributed by atoms with E-state index < -0.39 is 12.0 Å². The molecule has 0 bridgehead atoms. The molecular weight excluding hydrogens is 272 g/mol. The number of carbonyl (C=O) groups excluding carboxylic acids is 1. The second-order valence-electron chi connectivity index (χ2n) is 4.37. The van der Waals surface area contributed by atoms with Gasteiger partial charge < -0.3 is 15.7 Å². The Labute approximate surface area is 121 Å². The summed E-state index contributed by atoms with van der Waals surface area (Å²) in [5.74, 6) is -1.10. The van der Waals surface area contributed by atoms with Crippen LogP contribution in [0.5, 0.6) is 0 Å². The van der Waals surface area contributed by atoms with Gasteiger partial charge in [0.1, 0.15) is 0 Å². The van der Waals surface area contributed by atoms with Gasteiger partial charge >= 0.3 is 12.0 Å². The lowest BCUT2D eigenvalue weighted by atomic mass is 10.1. The molecule has 2 aromatic rings. The van der Waals surface area contributed by atoms with Gasteiger partial charge in [0.15, 0.2) is 0 Å². The number of carboxylic acids is 1. The van der Waals surface area contributed by atoms with Crippen LogP contribution in [0.1, 0.15) is 28.9 Å². The SMILES string of the molecule is CC(NC(=O)Nc1cncc(C(=O)O)c1)c1ccncc1. The molecule has 0 aliphatic heterocycles. The molecule has 0 spiro atoms. The summed E-state index contributed by atoms with van der Waals surface area (Å²) in [6, 6.07) is 4.30. The fourth-order valence-electron chi connectivity index (χ4n) is 1.72. The molecule has 7 heteroatoms. The van der Waals surface area contributed by atoms with E-state index in [2.05, 4.69) is 20.6 Å². The number of urea groups is 1. The molecule has 3 N–H and O–H groups in total. The number of pyridine rings is 2. The van der Waals surface area contributed by atoms with Gasteiger partial charge in [-0.15, -0.1) is 0 Å². The van der Waals surface area contributed by atoms with Crippen molar-refractivity contribution in [3.63, 3.8) is 0 Å². The molecular formula is C14H14N4O3. The number of carbonyl (C=O) groups is 2. The van der Waals surface area contributed by atoms with Crippen LogP contribution in [0.25, 0.3) is 0 Å². The van der Waals surface area contributed by atoms with Crippen molar-refractivity contribution in [2.75, 3.05) is 5.32 Å². The van der Waals surface area contributed by atoms with Crippen LogP contribution in [0.3, 0.4) is 0 Å². The standard InChI is InChI=1S/C14H14N4O3/c1-9(10-2-4-15-5-3-10)17-14(21)18-12-6-11(13(19)20)7-16-8-12/h2-9H,1H3,(H,19,20)(H2,17,18,21). The normalized spacial score (nSPS) is 11.5. The molecule has 1 atom stereocenters. The fraction of sp³-hybridized carbons (Fsp3) is 0.143. The summed E-state index contributed by atoms with van der Waals surface area (Å²) in [5, 5.41) is 14.1. The van der Waals surface area contributed by atoms with Crippen LogP contribution < -0.4 is 10.6 Å². The average molecular weight is 286 g/mol. The van der Waals surface area contributed by atoms with Crippen molar-refractivity contribution in [3.8, 4) is 0 Å². The third-order valence-corrected chi connectivity index (χ3v) is 2.80. The zero-order valence-corrected chi connectivity index (χ0v) is 11.3. The van der Waals surface area contributed by atoms with E-state index in [4.69, 9.17) is 5.11 Å². The minimum Gasteiger partial charge on any atom is -0.478 e. The van der Waals surface area contributed by atoms with E-state index in [9.17, 15) is 9.59 Å². The summed E-state index contributed by atoms with van der Waals surface area (Å²) in [6.07, 6.45) is 5.88. The lowest BCUT2D eigenvalue weighted by Gasteiger charge is -2.14. The molecule has 2 amide bonds. The zero-order valence-electron chi connectivity index (χ0n) is 11.3. The highest BCUT2D eigenvalue weighted by Gasteiger charge is 2.10. The Balaban J connectivity index is 1.99. The first-order valence-electron chi connectivity index (χ1n) is 6.22. The van der Waals surface area contributed by atoms with Crippen molar-refractivity contribution < 1.29 is 14.7 Å². The monoisotopic (exact) mass is 286 g/mol. The van der Waals surface area contributed by atoms with Crippen LogP contribution in [0.2, 0.25) is 0 Å². The number of nitrogens with zero attached hydrogens (tertiary/aromatic N) is 2. The topological polar surface area (TPSA) is 104 Å². The van der Waals surface area contributed by atoms with Gasteiger partial charge in [-0.25, -0.2) is 9.59 Å². The van der Waals surface area contributed by atoms with Crippen LogP contribution in [-0.2, 0) is 0 Å². The van der Waals surface area contributed by atoms with Gasteiger partial charge in [-0.2, -0.15) is 0 Å². The van der Waals surface area contributed by atoms with E-state index in [0.717, 1.165) is 5.56 Å². The molecule has 0 radical (unpaired) electrons. The summed E-state index contributed by atoms with van der Waals surface area (Å²) in [6.45, 7) is 1.83. The predicted octanol–water partition coefficient (Wildman–Crippen LogP) is 2.06. The third-order valence-electron chi connectivity index (χ3n) is 2.80. The van der Waals surface area contributed by atoms with E-state index in [1.165, 1.54) is 18.5 Å². The van der Waals surface area contributed by atoms with Crippen molar-refractivity contribution >= 4 is 17.7 Å². The second-order valence-corrected chi connectivity index (χ2v) is 4.37. The number of hydrogen-bond acceptors (Lipinski definition) is 4. The number of aromatic nitrogens is 2. The maximum Gasteiger partial charge on any atom is 0.337 e. The Bertz CT molecular complexity index is 646. The summed E-state index contributed by atoms with van der Waals surface area (Å²) < 4.78 is 0. The third kappa shape index (κ3) is 4.00. The van der Waals surface area contributed by atoms with E-state index in [-0.39, 0.29) is 11.6 Å². The lowest BCUT2D eigenvalue weighted by molar-refractivity contribution is 0.0696. The fourth-order valence-corrected chi connectivity index (χ4v) is 1.72. The number of anilines is 1. The molecule has 7 nitrogen and oxygen atoms in total. The molecule has 0 fully saturated rings. The van der Waals surface area contributed by atoms with E-state index in [1.807, 2.05) is 6.92 Å². The zero-order chi connectivity index (χ0) is 15.2. The van der Waals surface area contributed by atoms with Crippen molar-refractivity contribution in [2.24, 2.45) is 0 Å². The molecule has 108 valence electrons. The molecule has 0 saturated carbocycles. The average Bonchev–Trinajstić information content (AvgIpc) is 2.48. The van der Waals surface area contributed by atoms with Crippen molar-refractivity contribution in [3.05, 3.63) is 54.1 Å². The molecule has 1 unspecified atom stereocenters. The van der Waals surface area contributed by atoms with Gasteiger partial charge in [-0.05, 0) is 30.7 Å². The van der Waals surface area contributed by atoms with E-state index in [0.29, 0.717) is 5.69 Å². The highest BCUT2D eigenvalue weighted by Crippen LogP contribution is 2.12. The number of hydrogen-bond donors (Lipinski definition) is 3. The number of aromatic carboxylic acids is 1. The molecule has 0 aliphatic carbocycles. The van der Waals surface area contributed by atoms with Crippen LogP contribution in [-0.4, -0.2) is 27.1 Å². The van der Waals surface area contributed by atoms with Crippen molar-refractivity contribution in [2.45, 2.75) is 13.0 Å². The van der Waals surface area contributed by atoms with Gasteiger partial charge in [0.05, 0.1) is 23.5 Å². The maximum absolute atomic E-state index is 11.9.